The fourth-order valence-corrected chi connectivity index (χ4v) is 2.94. The van der Waals surface area contributed by atoms with Crippen molar-refractivity contribution in [3.05, 3.63) is 65.5 Å². The largest absolute Gasteiger partial charge is 0.358 e. The third-order valence-electron chi connectivity index (χ3n) is 4.24. The van der Waals surface area contributed by atoms with Crippen LogP contribution in [0.4, 0.5) is 10.1 Å². The van der Waals surface area contributed by atoms with E-state index in [0.717, 1.165) is 38.4 Å². The van der Waals surface area contributed by atoms with Gasteiger partial charge in [-0.3, -0.25) is 0 Å². The van der Waals surface area contributed by atoms with Crippen molar-refractivity contribution in [1.29, 1.82) is 0 Å². The van der Waals surface area contributed by atoms with Gasteiger partial charge in [-0.1, -0.05) is 42.0 Å². The van der Waals surface area contributed by atoms with Gasteiger partial charge in [-0.2, -0.15) is 0 Å². The minimum atomic E-state index is -0.112. The lowest BCUT2D eigenvalue weighted by atomic mass is 10.1. The Labute approximate surface area is 125 Å². The van der Waals surface area contributed by atoms with Crippen LogP contribution in [0.1, 0.15) is 11.1 Å². The van der Waals surface area contributed by atoms with Crippen LogP contribution in [0.5, 0.6) is 0 Å². The van der Waals surface area contributed by atoms with Gasteiger partial charge >= 0.3 is 0 Å². The van der Waals surface area contributed by atoms with Crippen molar-refractivity contribution in [3.8, 4) is 0 Å². The fraction of sp³-hybridized carbons (Fsp3) is 0.333. The molecule has 0 aromatic heterocycles. The van der Waals surface area contributed by atoms with Crippen LogP contribution in [0.3, 0.4) is 0 Å². The molecule has 3 rings (SSSR count). The number of quaternary nitrogens is 1. The summed E-state index contributed by atoms with van der Waals surface area (Å²) in [6, 6.07) is 15.8. The SMILES string of the molecule is Cc1ccc(C[NH+]2CCN(c3ccccc3F)CC2)cc1. The maximum Gasteiger partial charge on any atom is 0.146 e. The van der Waals surface area contributed by atoms with Crippen molar-refractivity contribution < 1.29 is 9.29 Å². The third-order valence-corrected chi connectivity index (χ3v) is 4.24. The summed E-state index contributed by atoms with van der Waals surface area (Å²) < 4.78 is 13.8. The van der Waals surface area contributed by atoms with E-state index in [9.17, 15) is 4.39 Å². The second-order valence-electron chi connectivity index (χ2n) is 5.85. The number of hydrogen-bond acceptors (Lipinski definition) is 1. The van der Waals surface area contributed by atoms with Gasteiger partial charge in [-0.25, -0.2) is 4.39 Å². The summed E-state index contributed by atoms with van der Waals surface area (Å²) in [6.07, 6.45) is 0. The molecule has 0 amide bonds. The summed E-state index contributed by atoms with van der Waals surface area (Å²) in [7, 11) is 0. The van der Waals surface area contributed by atoms with Crippen molar-refractivity contribution in [2.45, 2.75) is 13.5 Å². The molecule has 3 heteroatoms. The normalized spacial score (nSPS) is 16.2. The second-order valence-corrected chi connectivity index (χ2v) is 5.85. The minimum Gasteiger partial charge on any atom is -0.358 e. The highest BCUT2D eigenvalue weighted by atomic mass is 19.1. The van der Waals surface area contributed by atoms with Gasteiger partial charge in [0.1, 0.15) is 12.4 Å². The Morgan fingerprint density at radius 2 is 1.67 bits per heavy atom. The predicted octanol–water partition coefficient (Wildman–Crippen LogP) is 2.04. The maximum atomic E-state index is 13.8. The van der Waals surface area contributed by atoms with E-state index in [-0.39, 0.29) is 5.82 Å². The molecule has 1 aliphatic heterocycles. The number of piperazine rings is 1. The standard InChI is InChI=1S/C18H21FN2/c1-15-6-8-16(9-7-15)14-20-10-12-21(13-11-20)18-5-3-2-4-17(18)19/h2-9H,10-14H2,1H3/p+1. The molecule has 0 spiro atoms. The molecule has 1 saturated heterocycles. The van der Waals surface area contributed by atoms with Crippen LogP contribution in [0, 0.1) is 12.7 Å². The van der Waals surface area contributed by atoms with Crippen molar-refractivity contribution in [2.75, 3.05) is 31.1 Å². The van der Waals surface area contributed by atoms with E-state index < -0.39 is 0 Å². The molecule has 0 bridgehead atoms. The summed E-state index contributed by atoms with van der Waals surface area (Å²) in [5.41, 5.74) is 3.43. The topological polar surface area (TPSA) is 7.68 Å². The molecule has 1 fully saturated rings. The summed E-state index contributed by atoms with van der Waals surface area (Å²) in [5.74, 6) is -0.112. The zero-order valence-electron chi connectivity index (χ0n) is 12.5. The van der Waals surface area contributed by atoms with Crippen molar-refractivity contribution in [3.63, 3.8) is 0 Å². The van der Waals surface area contributed by atoms with E-state index in [2.05, 4.69) is 36.1 Å². The lowest BCUT2D eigenvalue weighted by molar-refractivity contribution is -0.914. The first kappa shape index (κ1) is 14.1. The van der Waals surface area contributed by atoms with Gasteiger partial charge < -0.3 is 9.80 Å². The average Bonchev–Trinajstić information content (AvgIpc) is 2.51. The molecule has 1 N–H and O–H groups in total. The molecule has 0 atom stereocenters. The molecule has 1 aliphatic rings. The van der Waals surface area contributed by atoms with Gasteiger partial charge in [0, 0.05) is 5.56 Å². The summed E-state index contributed by atoms with van der Waals surface area (Å²) in [4.78, 5) is 3.74. The molecule has 21 heavy (non-hydrogen) atoms. The van der Waals surface area contributed by atoms with Crippen LogP contribution in [-0.2, 0) is 6.54 Å². The highest BCUT2D eigenvalue weighted by Crippen LogP contribution is 2.18. The Morgan fingerprint density at radius 3 is 2.33 bits per heavy atom. The predicted molar refractivity (Wildman–Crippen MR) is 84.2 cm³/mol. The number of nitrogens with one attached hydrogen (secondary N) is 1. The molecule has 2 aromatic rings. The number of hydrogen-bond donors (Lipinski definition) is 1. The fourth-order valence-electron chi connectivity index (χ4n) is 2.94. The van der Waals surface area contributed by atoms with Gasteiger partial charge in [-0.05, 0) is 19.1 Å². The lowest BCUT2D eigenvalue weighted by Crippen LogP contribution is -3.13. The molecule has 0 aliphatic carbocycles. The molecule has 2 nitrogen and oxygen atoms in total. The Morgan fingerprint density at radius 1 is 1.00 bits per heavy atom. The number of nitrogens with zero attached hydrogens (tertiary/aromatic N) is 1. The monoisotopic (exact) mass is 285 g/mol. The van der Waals surface area contributed by atoms with Crippen molar-refractivity contribution in [1.82, 2.24) is 0 Å². The van der Waals surface area contributed by atoms with Gasteiger partial charge in [0.05, 0.1) is 31.9 Å². The Bertz CT molecular complexity index is 586. The molecule has 1 heterocycles. The first-order valence-electron chi connectivity index (χ1n) is 7.61. The van der Waals surface area contributed by atoms with Crippen LogP contribution in [-0.4, -0.2) is 26.2 Å². The summed E-state index contributed by atoms with van der Waals surface area (Å²) in [5, 5.41) is 0. The van der Waals surface area contributed by atoms with E-state index in [1.807, 2.05) is 12.1 Å². The van der Waals surface area contributed by atoms with Crippen molar-refractivity contribution in [2.24, 2.45) is 0 Å². The first-order chi connectivity index (χ1) is 10.2. The zero-order valence-corrected chi connectivity index (χ0v) is 12.5. The number of para-hydroxylation sites is 1. The number of rotatable bonds is 3. The second kappa shape index (κ2) is 6.27. The minimum absolute atomic E-state index is 0.112. The summed E-state index contributed by atoms with van der Waals surface area (Å²) >= 11 is 0. The van der Waals surface area contributed by atoms with Crippen LogP contribution in [0.2, 0.25) is 0 Å². The molecule has 0 radical (unpaired) electrons. The first-order valence-corrected chi connectivity index (χ1v) is 7.61. The quantitative estimate of drug-likeness (QED) is 0.907. The van der Waals surface area contributed by atoms with E-state index in [1.54, 1.807) is 17.0 Å². The highest BCUT2D eigenvalue weighted by Gasteiger charge is 2.21. The molecular weight excluding hydrogens is 263 g/mol. The Kier molecular flexibility index (Phi) is 4.20. The van der Waals surface area contributed by atoms with E-state index in [0.29, 0.717) is 0 Å². The number of anilines is 1. The highest BCUT2D eigenvalue weighted by molar-refractivity contribution is 5.47. The summed E-state index contributed by atoms with van der Waals surface area (Å²) in [6.45, 7) is 7.13. The van der Waals surface area contributed by atoms with Crippen molar-refractivity contribution >= 4 is 5.69 Å². The van der Waals surface area contributed by atoms with Crippen LogP contribution < -0.4 is 9.80 Å². The number of aryl methyl sites for hydroxylation is 1. The van der Waals surface area contributed by atoms with Crippen LogP contribution in [0.25, 0.3) is 0 Å². The van der Waals surface area contributed by atoms with Gasteiger partial charge in [0.25, 0.3) is 0 Å². The van der Waals surface area contributed by atoms with Gasteiger partial charge in [0.15, 0.2) is 0 Å². The molecular formula is C18H22FN2+. The number of halogens is 1. The van der Waals surface area contributed by atoms with Crippen LogP contribution >= 0.6 is 0 Å². The lowest BCUT2D eigenvalue weighted by Gasteiger charge is -2.33. The smallest absolute Gasteiger partial charge is 0.146 e. The Hall–Kier alpha value is -1.87. The average molecular weight is 285 g/mol. The molecule has 0 saturated carbocycles. The van der Waals surface area contributed by atoms with Gasteiger partial charge in [-0.15, -0.1) is 0 Å². The van der Waals surface area contributed by atoms with Gasteiger partial charge in [0.2, 0.25) is 0 Å². The molecule has 2 aromatic carbocycles. The Balaban J connectivity index is 1.58. The van der Waals surface area contributed by atoms with E-state index >= 15 is 0 Å². The zero-order chi connectivity index (χ0) is 14.7. The molecule has 0 unspecified atom stereocenters. The van der Waals surface area contributed by atoms with Crippen LogP contribution in [0.15, 0.2) is 48.5 Å². The molecule has 110 valence electrons. The van der Waals surface area contributed by atoms with E-state index in [4.69, 9.17) is 0 Å². The number of benzene rings is 2. The third kappa shape index (κ3) is 3.42. The van der Waals surface area contributed by atoms with E-state index in [1.165, 1.54) is 11.1 Å². The maximum absolute atomic E-state index is 13.8.